The summed E-state index contributed by atoms with van der Waals surface area (Å²) in [5.41, 5.74) is 0. The minimum Gasteiger partial charge on any atom is -0.453 e. The van der Waals surface area contributed by atoms with Gasteiger partial charge in [0.25, 0.3) is 0 Å². The molecule has 0 bridgehead atoms. The Hall–Kier alpha value is -1.18. The van der Waals surface area contributed by atoms with Crippen molar-refractivity contribution in [1.82, 2.24) is 15.5 Å². The second kappa shape index (κ2) is 8.84. The lowest BCUT2D eigenvalue weighted by atomic mass is 10.2. The molecule has 1 atom stereocenters. The topological polar surface area (TPSA) is 79.9 Å². The Labute approximate surface area is 113 Å². The van der Waals surface area contributed by atoms with E-state index >= 15 is 0 Å². The Morgan fingerprint density at radius 2 is 2.21 bits per heavy atom. The quantitative estimate of drug-likeness (QED) is 0.655. The molecule has 0 saturated carbocycles. The Morgan fingerprint density at radius 1 is 1.42 bits per heavy atom. The fourth-order valence-corrected chi connectivity index (χ4v) is 2.09. The van der Waals surface area contributed by atoms with Crippen LogP contribution in [0.3, 0.4) is 0 Å². The van der Waals surface area contributed by atoms with Gasteiger partial charge in [-0.25, -0.2) is 4.79 Å². The van der Waals surface area contributed by atoms with E-state index in [1.54, 1.807) is 7.11 Å². The number of carbonyl (C=O) groups is 2. The minimum absolute atomic E-state index is 0.163. The normalized spacial score (nSPS) is 18.6. The van der Waals surface area contributed by atoms with Gasteiger partial charge in [0, 0.05) is 26.2 Å². The lowest BCUT2D eigenvalue weighted by Gasteiger charge is -2.24. The summed E-state index contributed by atoms with van der Waals surface area (Å²) in [5, 5.41) is 5.54. The number of nitrogens with zero attached hydrogens (tertiary/aromatic N) is 1. The molecule has 0 aliphatic carbocycles. The molecule has 1 heterocycles. The zero-order chi connectivity index (χ0) is 14.1. The summed E-state index contributed by atoms with van der Waals surface area (Å²) in [6.07, 6.45) is 1.55. The number of alkyl carbamates (subject to hydrolysis) is 1. The fourth-order valence-electron chi connectivity index (χ4n) is 2.09. The molecule has 1 aliphatic rings. The molecule has 19 heavy (non-hydrogen) atoms. The maximum absolute atomic E-state index is 11.6. The average Bonchev–Trinajstić information content (AvgIpc) is 2.88. The van der Waals surface area contributed by atoms with Crippen LogP contribution < -0.4 is 10.6 Å². The molecule has 7 nitrogen and oxygen atoms in total. The molecule has 1 saturated heterocycles. The summed E-state index contributed by atoms with van der Waals surface area (Å²) in [5.74, 6) is -0.360. The lowest BCUT2D eigenvalue weighted by Crippen LogP contribution is -2.45. The zero-order valence-electron chi connectivity index (χ0n) is 11.6. The number of imide groups is 1. The number of nitrogens with one attached hydrogen (secondary N) is 2. The highest BCUT2D eigenvalue weighted by molar-refractivity contribution is 5.92. The van der Waals surface area contributed by atoms with E-state index in [9.17, 15) is 9.59 Å². The number of amides is 2. The molecule has 1 aliphatic heterocycles. The van der Waals surface area contributed by atoms with Crippen molar-refractivity contribution < 1.29 is 19.1 Å². The van der Waals surface area contributed by atoms with Gasteiger partial charge < -0.3 is 14.8 Å². The molecule has 1 fully saturated rings. The molecule has 1 unspecified atom stereocenters. The molecule has 0 radical (unpaired) electrons. The third-order valence-corrected chi connectivity index (χ3v) is 3.05. The second-order valence-electron chi connectivity index (χ2n) is 4.56. The summed E-state index contributed by atoms with van der Waals surface area (Å²) in [7, 11) is 2.86. The molecule has 2 amide bonds. The highest BCUT2D eigenvalue weighted by Gasteiger charge is 2.20. The van der Waals surface area contributed by atoms with E-state index in [1.165, 1.54) is 7.11 Å². The Morgan fingerprint density at radius 3 is 2.79 bits per heavy atom. The molecule has 0 aromatic carbocycles. The number of ether oxygens (including phenoxy) is 2. The van der Waals surface area contributed by atoms with Gasteiger partial charge in [-0.15, -0.1) is 0 Å². The van der Waals surface area contributed by atoms with Crippen LogP contribution in [0.25, 0.3) is 0 Å². The van der Waals surface area contributed by atoms with Crippen LogP contribution in [-0.2, 0) is 14.3 Å². The molecule has 1 rings (SSSR count). The first-order valence-electron chi connectivity index (χ1n) is 6.48. The first kappa shape index (κ1) is 15.9. The molecule has 110 valence electrons. The van der Waals surface area contributed by atoms with Gasteiger partial charge >= 0.3 is 6.09 Å². The first-order chi connectivity index (χ1) is 9.15. The molecule has 0 spiro atoms. The Kier molecular flexibility index (Phi) is 7.39. The number of methoxy groups -OCH3 is 2. The largest absolute Gasteiger partial charge is 0.453 e. The number of hydrogen-bond donors (Lipinski definition) is 2. The summed E-state index contributed by atoms with van der Waals surface area (Å²) in [4.78, 5) is 24.6. The van der Waals surface area contributed by atoms with Gasteiger partial charge in [-0.05, 0) is 19.4 Å². The molecule has 0 aromatic rings. The molecular formula is C12H23N3O4. The van der Waals surface area contributed by atoms with Gasteiger partial charge in [-0.3, -0.25) is 15.0 Å². The van der Waals surface area contributed by atoms with E-state index in [0.717, 1.165) is 25.9 Å². The van der Waals surface area contributed by atoms with Crippen molar-refractivity contribution in [2.45, 2.75) is 18.9 Å². The van der Waals surface area contributed by atoms with Crippen molar-refractivity contribution in [2.75, 3.05) is 47.0 Å². The van der Waals surface area contributed by atoms with Crippen molar-refractivity contribution in [3.63, 3.8) is 0 Å². The van der Waals surface area contributed by atoms with E-state index in [4.69, 9.17) is 4.74 Å². The minimum atomic E-state index is -0.726. The van der Waals surface area contributed by atoms with Gasteiger partial charge in [0.1, 0.15) is 0 Å². The van der Waals surface area contributed by atoms with Crippen LogP contribution in [0.15, 0.2) is 0 Å². The number of carbonyl (C=O) groups excluding carboxylic acids is 2. The van der Waals surface area contributed by atoms with Crippen LogP contribution >= 0.6 is 0 Å². The molecule has 2 N–H and O–H groups in total. The summed E-state index contributed by atoms with van der Waals surface area (Å²) >= 11 is 0. The van der Waals surface area contributed by atoms with Crippen LogP contribution in [0.4, 0.5) is 4.79 Å². The highest BCUT2D eigenvalue weighted by atomic mass is 16.5. The summed E-state index contributed by atoms with van der Waals surface area (Å²) < 4.78 is 9.43. The van der Waals surface area contributed by atoms with Gasteiger partial charge in [-0.2, -0.15) is 0 Å². The van der Waals surface area contributed by atoms with E-state index in [0.29, 0.717) is 19.2 Å². The van der Waals surface area contributed by atoms with Gasteiger partial charge in [-0.1, -0.05) is 0 Å². The Balaban J connectivity index is 2.38. The predicted octanol–water partition coefficient (Wildman–Crippen LogP) is -0.431. The van der Waals surface area contributed by atoms with Crippen molar-refractivity contribution in [1.29, 1.82) is 0 Å². The maximum Gasteiger partial charge on any atom is 0.413 e. The average molecular weight is 273 g/mol. The Bertz CT molecular complexity index is 293. The van der Waals surface area contributed by atoms with Crippen molar-refractivity contribution in [2.24, 2.45) is 0 Å². The summed E-state index contributed by atoms with van der Waals surface area (Å²) in [6.45, 7) is 3.17. The highest BCUT2D eigenvalue weighted by Crippen LogP contribution is 2.06. The second-order valence-corrected chi connectivity index (χ2v) is 4.56. The van der Waals surface area contributed by atoms with Crippen molar-refractivity contribution >= 4 is 12.0 Å². The summed E-state index contributed by atoms with van der Waals surface area (Å²) in [6, 6.07) is 0.405. The predicted molar refractivity (Wildman–Crippen MR) is 69.9 cm³/mol. The lowest BCUT2D eigenvalue weighted by molar-refractivity contribution is -0.121. The third kappa shape index (κ3) is 6.51. The monoisotopic (exact) mass is 273 g/mol. The van der Waals surface area contributed by atoms with E-state index in [2.05, 4.69) is 15.4 Å². The molecular weight excluding hydrogens is 250 g/mol. The van der Waals surface area contributed by atoms with Gasteiger partial charge in [0.15, 0.2) is 0 Å². The molecule has 0 aromatic heterocycles. The fraction of sp³-hybridized carbons (Fsp3) is 0.833. The first-order valence-corrected chi connectivity index (χ1v) is 6.48. The SMILES string of the molecule is COCCN(CC(=O)NC(=O)OC)CC1CCCN1. The standard InChI is InChI=1S/C12H23N3O4/c1-18-7-6-15(8-10-4-3-5-13-10)9-11(16)14-12(17)19-2/h10,13H,3-9H2,1-2H3,(H,14,16,17). The third-order valence-electron chi connectivity index (χ3n) is 3.05. The van der Waals surface area contributed by atoms with Crippen LogP contribution in [0.1, 0.15) is 12.8 Å². The van der Waals surface area contributed by atoms with Gasteiger partial charge in [0.2, 0.25) is 5.91 Å². The van der Waals surface area contributed by atoms with Crippen LogP contribution in [-0.4, -0.2) is 69.9 Å². The van der Waals surface area contributed by atoms with E-state index in [-0.39, 0.29) is 12.5 Å². The van der Waals surface area contributed by atoms with Crippen molar-refractivity contribution in [3.8, 4) is 0 Å². The van der Waals surface area contributed by atoms with Crippen molar-refractivity contribution in [3.05, 3.63) is 0 Å². The van der Waals surface area contributed by atoms with Crippen LogP contribution in [0.2, 0.25) is 0 Å². The number of hydrogen-bond acceptors (Lipinski definition) is 6. The van der Waals surface area contributed by atoms with Crippen LogP contribution in [0, 0.1) is 0 Å². The van der Waals surface area contributed by atoms with E-state index in [1.807, 2.05) is 4.90 Å². The van der Waals surface area contributed by atoms with Crippen LogP contribution in [0.5, 0.6) is 0 Å². The van der Waals surface area contributed by atoms with Gasteiger partial charge in [0.05, 0.1) is 20.3 Å². The maximum atomic E-state index is 11.6. The molecule has 7 heteroatoms. The zero-order valence-corrected chi connectivity index (χ0v) is 11.6. The van der Waals surface area contributed by atoms with E-state index < -0.39 is 6.09 Å². The smallest absolute Gasteiger partial charge is 0.413 e. The number of rotatable bonds is 7.